The van der Waals surface area contributed by atoms with Gasteiger partial charge in [0.2, 0.25) is 0 Å². The van der Waals surface area contributed by atoms with Crippen molar-refractivity contribution in [3.05, 3.63) is 113 Å². The van der Waals surface area contributed by atoms with Gasteiger partial charge in [0, 0.05) is 5.56 Å². The average Bonchev–Trinajstić information content (AvgIpc) is 2.80. The lowest BCUT2D eigenvalue weighted by Crippen LogP contribution is -2.44. The molecule has 4 N–H and O–H groups in total. The molecule has 1 amide bonds. The summed E-state index contributed by atoms with van der Waals surface area (Å²) in [6, 6.07) is 23.1. The van der Waals surface area contributed by atoms with Gasteiger partial charge in [0.25, 0.3) is 5.91 Å². The third kappa shape index (κ3) is 4.81. The number of allylic oxidation sites excluding steroid dienone is 3. The molecular formula is C25H20N2O4. The van der Waals surface area contributed by atoms with E-state index in [2.05, 4.69) is 5.32 Å². The zero-order valence-corrected chi connectivity index (χ0v) is 16.4. The molecule has 3 rings (SSSR count). The van der Waals surface area contributed by atoms with Gasteiger partial charge in [-0.05, 0) is 29.3 Å². The maximum atomic E-state index is 13.1. The predicted molar refractivity (Wildman–Crippen MR) is 117 cm³/mol. The van der Waals surface area contributed by atoms with Gasteiger partial charge in [0.1, 0.15) is 11.8 Å². The summed E-state index contributed by atoms with van der Waals surface area (Å²) in [5.74, 6) is -1.76. The summed E-state index contributed by atoms with van der Waals surface area (Å²) in [6.07, 6.45) is 4.80. The number of amides is 1. The van der Waals surface area contributed by atoms with Gasteiger partial charge < -0.3 is 20.6 Å². The van der Waals surface area contributed by atoms with Crippen molar-refractivity contribution in [3.63, 3.8) is 0 Å². The van der Waals surface area contributed by atoms with Crippen molar-refractivity contribution in [2.75, 3.05) is 0 Å². The van der Waals surface area contributed by atoms with Crippen LogP contribution in [0.3, 0.4) is 0 Å². The van der Waals surface area contributed by atoms with Crippen LogP contribution in [0.5, 0.6) is 11.5 Å². The van der Waals surface area contributed by atoms with Crippen LogP contribution in [-0.2, 0) is 10.4 Å². The Morgan fingerprint density at radius 3 is 2.16 bits per heavy atom. The Bertz CT molecular complexity index is 1170. The molecule has 154 valence electrons. The number of phenolic OH excluding ortho intramolecular Hbond substituents is 2. The fourth-order valence-corrected chi connectivity index (χ4v) is 3.00. The third-order valence-electron chi connectivity index (χ3n) is 4.63. The second-order valence-corrected chi connectivity index (χ2v) is 6.70. The molecular weight excluding hydrogens is 392 g/mol. The highest BCUT2D eigenvalue weighted by Crippen LogP contribution is 2.35. The summed E-state index contributed by atoms with van der Waals surface area (Å²) < 4.78 is 0. The molecule has 0 fully saturated rings. The van der Waals surface area contributed by atoms with E-state index in [0.29, 0.717) is 0 Å². The molecule has 0 saturated heterocycles. The summed E-state index contributed by atoms with van der Waals surface area (Å²) in [6.45, 7) is 0. The number of benzene rings is 3. The molecule has 1 unspecified atom stereocenters. The Morgan fingerprint density at radius 2 is 1.55 bits per heavy atom. The van der Waals surface area contributed by atoms with Gasteiger partial charge in [-0.15, -0.1) is 0 Å². The van der Waals surface area contributed by atoms with Crippen LogP contribution >= 0.6 is 0 Å². The molecule has 0 aliphatic carbocycles. The molecule has 6 heteroatoms. The van der Waals surface area contributed by atoms with E-state index >= 15 is 0 Å². The average molecular weight is 412 g/mol. The van der Waals surface area contributed by atoms with E-state index in [-0.39, 0.29) is 22.6 Å². The molecule has 0 heterocycles. The summed E-state index contributed by atoms with van der Waals surface area (Å²) in [5.41, 5.74) is -1.11. The molecule has 0 radical (unpaired) electrons. The fourth-order valence-electron chi connectivity index (χ4n) is 3.00. The normalized spacial score (nSPS) is 13.4. The molecule has 31 heavy (non-hydrogen) atoms. The largest absolute Gasteiger partial charge is 0.504 e. The van der Waals surface area contributed by atoms with Crippen LogP contribution in [0.2, 0.25) is 0 Å². The van der Waals surface area contributed by atoms with E-state index in [9.17, 15) is 25.4 Å². The molecule has 0 aliphatic rings. The second kappa shape index (κ2) is 9.44. The lowest BCUT2D eigenvalue weighted by atomic mass is 9.85. The van der Waals surface area contributed by atoms with Crippen LogP contribution in [0.1, 0.15) is 16.7 Å². The van der Waals surface area contributed by atoms with Crippen LogP contribution in [0.25, 0.3) is 6.08 Å². The number of nitriles is 1. The summed E-state index contributed by atoms with van der Waals surface area (Å²) in [7, 11) is 0. The molecule has 6 nitrogen and oxygen atoms in total. The first kappa shape index (κ1) is 21.4. The molecule has 0 saturated carbocycles. The molecule has 3 aromatic carbocycles. The van der Waals surface area contributed by atoms with E-state index in [4.69, 9.17) is 0 Å². The lowest BCUT2D eigenvalue weighted by molar-refractivity contribution is -0.135. The van der Waals surface area contributed by atoms with Crippen molar-refractivity contribution < 1.29 is 20.1 Å². The Hall–Kier alpha value is -4.34. The SMILES string of the molecule is N#C/C(=C\C=C\c1ccccc1)NC(=O)C(O)(c1ccccc1)c1ccc(O)c(O)c1. The van der Waals surface area contributed by atoms with Gasteiger partial charge in [-0.25, -0.2) is 0 Å². The minimum absolute atomic E-state index is 0.0311. The second-order valence-electron chi connectivity index (χ2n) is 6.70. The Kier molecular flexibility index (Phi) is 6.51. The smallest absolute Gasteiger partial charge is 0.266 e. The zero-order valence-electron chi connectivity index (χ0n) is 16.4. The van der Waals surface area contributed by atoms with E-state index < -0.39 is 17.3 Å². The third-order valence-corrected chi connectivity index (χ3v) is 4.63. The van der Waals surface area contributed by atoms with Crippen molar-refractivity contribution >= 4 is 12.0 Å². The van der Waals surface area contributed by atoms with Crippen LogP contribution in [0.4, 0.5) is 0 Å². The maximum absolute atomic E-state index is 13.1. The number of nitrogens with one attached hydrogen (secondary N) is 1. The lowest BCUT2D eigenvalue weighted by Gasteiger charge is -2.28. The van der Waals surface area contributed by atoms with Crippen molar-refractivity contribution in [2.45, 2.75) is 5.60 Å². The van der Waals surface area contributed by atoms with E-state index in [1.165, 1.54) is 18.2 Å². The number of hydrogen-bond donors (Lipinski definition) is 4. The summed E-state index contributed by atoms with van der Waals surface area (Å²) in [4.78, 5) is 13.1. The standard InChI is InChI=1S/C25H20N2O4/c26-17-21(13-7-10-18-8-3-1-4-9-18)27-24(30)25(31,19-11-5-2-6-12-19)20-14-15-22(28)23(29)16-20/h1-16,28-29,31H,(H,27,30)/b10-7+,21-13+. The van der Waals surface area contributed by atoms with Crippen LogP contribution in [0, 0.1) is 11.3 Å². The molecule has 1 atom stereocenters. The van der Waals surface area contributed by atoms with E-state index in [0.717, 1.165) is 11.6 Å². The number of phenols is 2. The number of hydrogen-bond acceptors (Lipinski definition) is 5. The van der Waals surface area contributed by atoms with Crippen LogP contribution in [0.15, 0.2) is 96.7 Å². The van der Waals surface area contributed by atoms with Gasteiger partial charge in [0.05, 0.1) is 0 Å². The minimum atomic E-state index is -2.22. The highest BCUT2D eigenvalue weighted by Gasteiger charge is 2.40. The van der Waals surface area contributed by atoms with E-state index in [1.807, 2.05) is 36.4 Å². The van der Waals surface area contributed by atoms with Gasteiger partial charge in [0.15, 0.2) is 17.1 Å². The molecule has 0 spiro atoms. The first-order valence-corrected chi connectivity index (χ1v) is 9.40. The van der Waals surface area contributed by atoms with Crippen molar-refractivity contribution in [1.82, 2.24) is 5.32 Å². The first-order valence-electron chi connectivity index (χ1n) is 9.40. The number of aliphatic hydroxyl groups is 1. The Morgan fingerprint density at radius 1 is 0.903 bits per heavy atom. The minimum Gasteiger partial charge on any atom is -0.504 e. The molecule has 0 aliphatic heterocycles. The van der Waals surface area contributed by atoms with Crippen molar-refractivity contribution in [2.24, 2.45) is 0 Å². The zero-order chi connectivity index (χ0) is 22.3. The summed E-state index contributed by atoms with van der Waals surface area (Å²) >= 11 is 0. The molecule has 3 aromatic rings. The van der Waals surface area contributed by atoms with Crippen LogP contribution in [-0.4, -0.2) is 21.2 Å². The number of carbonyl (C=O) groups excluding carboxylic acids is 1. The quantitative estimate of drug-likeness (QED) is 0.281. The van der Waals surface area contributed by atoms with E-state index in [1.54, 1.807) is 42.5 Å². The van der Waals surface area contributed by atoms with Crippen LogP contribution < -0.4 is 5.32 Å². The molecule has 0 bridgehead atoms. The van der Waals surface area contributed by atoms with Gasteiger partial charge >= 0.3 is 0 Å². The molecule has 0 aromatic heterocycles. The van der Waals surface area contributed by atoms with Crippen molar-refractivity contribution in [1.29, 1.82) is 5.26 Å². The highest BCUT2D eigenvalue weighted by molar-refractivity contribution is 5.92. The van der Waals surface area contributed by atoms with Gasteiger partial charge in [-0.1, -0.05) is 78.9 Å². The fraction of sp³-hybridized carbons (Fsp3) is 0.0400. The predicted octanol–water partition coefficient (Wildman–Crippen LogP) is 3.57. The Labute approximate surface area is 179 Å². The summed E-state index contributed by atoms with van der Waals surface area (Å²) in [5, 5.41) is 42.8. The topological polar surface area (TPSA) is 114 Å². The number of aromatic hydroxyl groups is 2. The number of carbonyl (C=O) groups is 1. The Balaban J connectivity index is 1.94. The monoisotopic (exact) mass is 412 g/mol. The van der Waals surface area contributed by atoms with Crippen molar-refractivity contribution in [3.8, 4) is 17.6 Å². The number of rotatable bonds is 6. The maximum Gasteiger partial charge on any atom is 0.266 e. The van der Waals surface area contributed by atoms with Gasteiger partial charge in [-0.2, -0.15) is 5.26 Å². The highest BCUT2D eigenvalue weighted by atomic mass is 16.3. The first-order chi connectivity index (χ1) is 14.9. The number of nitrogens with zero attached hydrogens (tertiary/aromatic N) is 1. The van der Waals surface area contributed by atoms with Gasteiger partial charge in [-0.3, -0.25) is 4.79 Å².